The van der Waals surface area contributed by atoms with Gasteiger partial charge in [0, 0.05) is 13.1 Å². The van der Waals surface area contributed by atoms with Crippen LogP contribution in [0.4, 0.5) is 0 Å². The Kier molecular flexibility index (Phi) is 6.93. The van der Waals surface area contributed by atoms with Crippen molar-refractivity contribution in [1.82, 2.24) is 9.80 Å². The number of amides is 1. The minimum Gasteiger partial charge on any atom is -0.493 e. The zero-order valence-electron chi connectivity index (χ0n) is 20.5. The van der Waals surface area contributed by atoms with Crippen LogP contribution in [-0.2, 0) is 0 Å². The third-order valence-electron chi connectivity index (χ3n) is 6.48. The van der Waals surface area contributed by atoms with Crippen molar-refractivity contribution in [2.75, 3.05) is 39.9 Å². The van der Waals surface area contributed by atoms with Crippen LogP contribution in [0.5, 0.6) is 11.5 Å². The number of carbonyl (C=O) groups is 1. The molecule has 2 heterocycles. The number of nitrogens with zero attached hydrogens (tertiary/aromatic N) is 2. The molecule has 0 N–H and O–H groups in total. The maximum Gasteiger partial charge on any atom is 0.290 e. The van der Waals surface area contributed by atoms with Gasteiger partial charge >= 0.3 is 0 Å². The maximum absolute atomic E-state index is 13.7. The zero-order valence-corrected chi connectivity index (χ0v) is 20.5. The molecule has 1 amide bonds. The lowest BCUT2D eigenvalue weighted by Gasteiger charge is -2.28. The number of benzene rings is 2. The van der Waals surface area contributed by atoms with Crippen LogP contribution < -0.4 is 14.9 Å². The van der Waals surface area contributed by atoms with Crippen molar-refractivity contribution >= 4 is 16.9 Å². The van der Waals surface area contributed by atoms with Crippen molar-refractivity contribution < 1.29 is 18.7 Å². The first-order valence-electron chi connectivity index (χ1n) is 11.8. The van der Waals surface area contributed by atoms with Crippen LogP contribution in [0.3, 0.4) is 0 Å². The molecule has 0 fully saturated rings. The molecule has 0 saturated heterocycles. The van der Waals surface area contributed by atoms with Crippen molar-refractivity contribution in [3.05, 3.63) is 69.1 Å². The molecule has 34 heavy (non-hydrogen) atoms. The second-order valence-electron chi connectivity index (χ2n) is 8.44. The number of rotatable bonds is 9. The molecule has 180 valence electrons. The number of aryl methyl sites for hydroxylation is 1. The van der Waals surface area contributed by atoms with Gasteiger partial charge in [-0.05, 0) is 56.8 Å². The summed E-state index contributed by atoms with van der Waals surface area (Å²) in [5, 5.41) is 0.486. The zero-order chi connectivity index (χ0) is 24.4. The van der Waals surface area contributed by atoms with E-state index in [1.807, 2.05) is 44.2 Å². The first-order valence-corrected chi connectivity index (χ1v) is 11.8. The first kappa shape index (κ1) is 23.8. The van der Waals surface area contributed by atoms with Gasteiger partial charge in [0.2, 0.25) is 5.76 Å². The summed E-state index contributed by atoms with van der Waals surface area (Å²) < 4.78 is 17.3. The fraction of sp³-hybridized carbons (Fsp3) is 0.407. The summed E-state index contributed by atoms with van der Waals surface area (Å²) in [6, 6.07) is 10.5. The molecule has 1 atom stereocenters. The summed E-state index contributed by atoms with van der Waals surface area (Å²) in [6.07, 6.45) is 0. The first-order chi connectivity index (χ1) is 16.4. The average molecular weight is 465 g/mol. The van der Waals surface area contributed by atoms with Gasteiger partial charge in [0.15, 0.2) is 16.9 Å². The lowest BCUT2D eigenvalue weighted by atomic mass is 9.97. The third kappa shape index (κ3) is 4.16. The summed E-state index contributed by atoms with van der Waals surface area (Å²) in [5.74, 6) is 1.04. The number of carbonyl (C=O) groups excluding carboxylic acids is 1. The molecule has 1 unspecified atom stereocenters. The maximum atomic E-state index is 13.7. The van der Waals surface area contributed by atoms with Crippen LogP contribution >= 0.6 is 0 Å². The normalized spacial score (nSPS) is 15.3. The number of likely N-dealkylation sites (N-methyl/N-ethyl adjacent to an activating group) is 1. The quantitative estimate of drug-likeness (QED) is 0.468. The molecule has 0 saturated carbocycles. The van der Waals surface area contributed by atoms with Crippen LogP contribution in [0.2, 0.25) is 0 Å². The van der Waals surface area contributed by atoms with E-state index in [1.54, 1.807) is 18.1 Å². The third-order valence-corrected chi connectivity index (χ3v) is 6.48. The number of hydrogen-bond donors (Lipinski definition) is 0. The standard InChI is InChI=1S/C27H32N2O5/c1-6-28(7-2)13-14-29-24(18-10-12-21(33-8-3)22(16-18)32-5)23-25(30)19-15-17(4)9-11-20(19)34-26(23)27(29)31/h9-12,15-16,24H,6-8,13-14H2,1-5H3. The number of hydrogen-bond acceptors (Lipinski definition) is 6. The van der Waals surface area contributed by atoms with Gasteiger partial charge in [-0.2, -0.15) is 0 Å². The van der Waals surface area contributed by atoms with Crippen molar-refractivity contribution in [1.29, 1.82) is 0 Å². The smallest absolute Gasteiger partial charge is 0.290 e. The molecule has 7 heteroatoms. The van der Waals surface area contributed by atoms with Crippen LogP contribution in [0.25, 0.3) is 11.0 Å². The molecule has 4 rings (SSSR count). The van der Waals surface area contributed by atoms with E-state index in [0.29, 0.717) is 47.7 Å². The number of methoxy groups -OCH3 is 1. The van der Waals surface area contributed by atoms with Gasteiger partial charge in [-0.15, -0.1) is 0 Å². The Morgan fingerprint density at radius 1 is 1.03 bits per heavy atom. The second-order valence-corrected chi connectivity index (χ2v) is 8.44. The highest BCUT2D eigenvalue weighted by atomic mass is 16.5. The van der Waals surface area contributed by atoms with Crippen molar-refractivity contribution in [2.24, 2.45) is 0 Å². The van der Waals surface area contributed by atoms with Gasteiger partial charge in [0.05, 0.1) is 30.7 Å². The van der Waals surface area contributed by atoms with E-state index < -0.39 is 6.04 Å². The average Bonchev–Trinajstić information content (AvgIpc) is 3.12. The SMILES string of the molecule is CCOc1ccc(C2c3c(oc4ccc(C)cc4c3=O)C(=O)N2CCN(CC)CC)cc1OC. The fourth-order valence-corrected chi connectivity index (χ4v) is 4.63. The Morgan fingerprint density at radius 2 is 1.79 bits per heavy atom. The summed E-state index contributed by atoms with van der Waals surface area (Å²) in [6.45, 7) is 11.5. The molecular formula is C27H32N2O5. The predicted molar refractivity (Wildman–Crippen MR) is 132 cm³/mol. The van der Waals surface area contributed by atoms with Crippen molar-refractivity contribution in [3.8, 4) is 11.5 Å². The van der Waals surface area contributed by atoms with E-state index >= 15 is 0 Å². The summed E-state index contributed by atoms with van der Waals surface area (Å²) in [5.41, 5.74) is 2.38. The van der Waals surface area contributed by atoms with Gasteiger partial charge in [-0.3, -0.25) is 9.59 Å². The Bertz CT molecular complexity index is 1260. The van der Waals surface area contributed by atoms with Crippen LogP contribution in [-0.4, -0.2) is 55.6 Å². The molecule has 0 spiro atoms. The lowest BCUT2D eigenvalue weighted by molar-refractivity contribution is 0.0708. The highest BCUT2D eigenvalue weighted by molar-refractivity contribution is 5.99. The largest absolute Gasteiger partial charge is 0.493 e. The monoisotopic (exact) mass is 464 g/mol. The van der Waals surface area contributed by atoms with Crippen LogP contribution in [0.15, 0.2) is 45.6 Å². The minimum absolute atomic E-state index is 0.124. The molecular weight excluding hydrogens is 432 g/mol. The molecule has 3 aromatic rings. The second kappa shape index (κ2) is 9.89. The Morgan fingerprint density at radius 3 is 2.47 bits per heavy atom. The summed E-state index contributed by atoms with van der Waals surface area (Å²) >= 11 is 0. The van der Waals surface area contributed by atoms with E-state index in [2.05, 4.69) is 18.7 Å². The van der Waals surface area contributed by atoms with Gasteiger partial charge in [0.1, 0.15) is 5.58 Å². The fourth-order valence-electron chi connectivity index (χ4n) is 4.63. The molecule has 1 aliphatic heterocycles. The molecule has 7 nitrogen and oxygen atoms in total. The van der Waals surface area contributed by atoms with E-state index in [9.17, 15) is 9.59 Å². The molecule has 1 aliphatic rings. The Labute approximate surface area is 199 Å². The van der Waals surface area contributed by atoms with Gasteiger partial charge in [-0.1, -0.05) is 31.5 Å². The molecule has 0 bridgehead atoms. The molecule has 0 aliphatic carbocycles. The lowest BCUT2D eigenvalue weighted by Crippen LogP contribution is -2.37. The Balaban J connectivity index is 1.89. The van der Waals surface area contributed by atoms with Crippen LogP contribution in [0, 0.1) is 6.92 Å². The number of ether oxygens (including phenoxy) is 2. The van der Waals surface area contributed by atoms with E-state index in [-0.39, 0.29) is 17.1 Å². The predicted octanol–water partition coefficient (Wildman–Crippen LogP) is 4.40. The number of fused-ring (bicyclic) bond motifs is 2. The van der Waals surface area contributed by atoms with Crippen LogP contribution in [0.1, 0.15) is 54.1 Å². The Hall–Kier alpha value is -3.32. The molecule has 0 radical (unpaired) electrons. The summed E-state index contributed by atoms with van der Waals surface area (Å²) in [7, 11) is 1.58. The topological polar surface area (TPSA) is 72.2 Å². The minimum atomic E-state index is -0.566. The van der Waals surface area contributed by atoms with E-state index in [1.165, 1.54) is 0 Å². The molecule has 2 aromatic carbocycles. The van der Waals surface area contributed by atoms with Gasteiger partial charge in [-0.25, -0.2) is 0 Å². The van der Waals surface area contributed by atoms with E-state index in [4.69, 9.17) is 13.9 Å². The van der Waals surface area contributed by atoms with Gasteiger partial charge in [0.25, 0.3) is 5.91 Å². The van der Waals surface area contributed by atoms with Crippen molar-refractivity contribution in [2.45, 2.75) is 33.7 Å². The van der Waals surface area contributed by atoms with Gasteiger partial charge < -0.3 is 23.7 Å². The van der Waals surface area contributed by atoms with E-state index in [0.717, 1.165) is 24.2 Å². The van der Waals surface area contributed by atoms with Crippen molar-refractivity contribution in [3.63, 3.8) is 0 Å². The highest BCUT2D eigenvalue weighted by Gasteiger charge is 2.42. The summed E-state index contributed by atoms with van der Waals surface area (Å²) in [4.78, 5) is 31.3. The highest BCUT2D eigenvalue weighted by Crippen LogP contribution is 2.40. The molecule has 1 aromatic heterocycles.